The summed E-state index contributed by atoms with van der Waals surface area (Å²) in [6.07, 6.45) is 0. The maximum Gasteiger partial charge on any atom is 0.312 e. The summed E-state index contributed by atoms with van der Waals surface area (Å²) >= 11 is 6.07. The van der Waals surface area contributed by atoms with Crippen molar-refractivity contribution in [2.75, 3.05) is 38.2 Å². The van der Waals surface area contributed by atoms with Crippen LogP contribution in [0.4, 0.5) is 5.69 Å². The molecular weight excluding hydrogens is 366 g/mol. The van der Waals surface area contributed by atoms with Gasteiger partial charge in [-0.05, 0) is 23.8 Å². The molecule has 0 unspecified atom stereocenters. The van der Waals surface area contributed by atoms with Crippen molar-refractivity contribution < 1.29 is 14.3 Å². The van der Waals surface area contributed by atoms with Crippen LogP contribution in [-0.2, 0) is 16.1 Å². The van der Waals surface area contributed by atoms with Crippen LogP contribution in [0.15, 0.2) is 48.5 Å². The molecule has 142 valence electrons. The average molecular weight is 388 g/mol. The van der Waals surface area contributed by atoms with Gasteiger partial charge in [-0.2, -0.15) is 0 Å². The molecule has 0 radical (unpaired) electrons. The van der Waals surface area contributed by atoms with Crippen molar-refractivity contribution in [1.29, 1.82) is 0 Å². The summed E-state index contributed by atoms with van der Waals surface area (Å²) in [7, 11) is 1.64. The van der Waals surface area contributed by atoms with Crippen LogP contribution in [-0.4, -0.2) is 50.0 Å². The monoisotopic (exact) mass is 387 g/mol. The number of amides is 2. The van der Waals surface area contributed by atoms with Gasteiger partial charge in [0.25, 0.3) is 0 Å². The highest BCUT2D eigenvalue weighted by Gasteiger charge is 2.26. The minimum atomic E-state index is -0.610. The van der Waals surface area contributed by atoms with Crippen LogP contribution in [0, 0.1) is 0 Å². The van der Waals surface area contributed by atoms with Crippen molar-refractivity contribution in [3.05, 3.63) is 59.1 Å². The maximum atomic E-state index is 12.4. The molecule has 0 spiro atoms. The predicted octanol–water partition coefficient (Wildman–Crippen LogP) is 2.31. The number of halogens is 1. The Labute approximate surface area is 163 Å². The van der Waals surface area contributed by atoms with E-state index in [0.717, 1.165) is 17.0 Å². The molecule has 1 saturated heterocycles. The number of carbonyl (C=O) groups is 2. The fourth-order valence-corrected chi connectivity index (χ4v) is 3.28. The number of methoxy groups -OCH3 is 1. The van der Waals surface area contributed by atoms with Crippen LogP contribution < -0.4 is 15.0 Å². The van der Waals surface area contributed by atoms with Crippen molar-refractivity contribution in [3.8, 4) is 5.75 Å². The number of piperazine rings is 1. The molecule has 2 aromatic rings. The van der Waals surface area contributed by atoms with E-state index in [-0.39, 0.29) is 6.54 Å². The molecule has 0 aromatic heterocycles. The number of ether oxygens (including phenoxy) is 1. The summed E-state index contributed by atoms with van der Waals surface area (Å²) < 4.78 is 5.40. The topological polar surface area (TPSA) is 61.9 Å². The highest BCUT2D eigenvalue weighted by atomic mass is 35.5. The average Bonchev–Trinajstić information content (AvgIpc) is 2.72. The van der Waals surface area contributed by atoms with Crippen LogP contribution in [0.5, 0.6) is 5.75 Å². The van der Waals surface area contributed by atoms with Gasteiger partial charge >= 0.3 is 11.8 Å². The second-order valence-corrected chi connectivity index (χ2v) is 6.63. The molecule has 6 nitrogen and oxygen atoms in total. The minimum absolute atomic E-state index is 0.228. The van der Waals surface area contributed by atoms with E-state index in [9.17, 15) is 9.59 Å². The van der Waals surface area contributed by atoms with E-state index >= 15 is 0 Å². The Hall–Kier alpha value is -2.73. The van der Waals surface area contributed by atoms with Crippen molar-refractivity contribution >= 4 is 29.1 Å². The van der Waals surface area contributed by atoms with E-state index < -0.39 is 11.8 Å². The number of rotatable bonds is 4. The summed E-state index contributed by atoms with van der Waals surface area (Å²) in [6, 6.07) is 15.0. The Morgan fingerprint density at radius 3 is 2.41 bits per heavy atom. The van der Waals surface area contributed by atoms with Gasteiger partial charge in [-0.15, -0.1) is 0 Å². The van der Waals surface area contributed by atoms with Crippen LogP contribution in [0.25, 0.3) is 0 Å². The molecule has 2 amide bonds. The first-order valence-corrected chi connectivity index (χ1v) is 9.16. The van der Waals surface area contributed by atoms with Gasteiger partial charge in [0.1, 0.15) is 5.75 Å². The molecule has 0 saturated carbocycles. The van der Waals surface area contributed by atoms with Crippen LogP contribution in [0.1, 0.15) is 5.56 Å². The van der Waals surface area contributed by atoms with Gasteiger partial charge in [-0.1, -0.05) is 41.9 Å². The first-order valence-electron chi connectivity index (χ1n) is 8.78. The van der Waals surface area contributed by atoms with Crippen molar-refractivity contribution in [3.63, 3.8) is 0 Å². The number of para-hydroxylation sites is 2. The second-order valence-electron chi connectivity index (χ2n) is 6.23. The van der Waals surface area contributed by atoms with E-state index in [0.29, 0.717) is 31.2 Å². The number of hydrogen-bond acceptors (Lipinski definition) is 4. The Morgan fingerprint density at radius 2 is 1.70 bits per heavy atom. The number of benzene rings is 2. The van der Waals surface area contributed by atoms with Crippen LogP contribution in [0.3, 0.4) is 0 Å². The number of nitrogens with zero attached hydrogens (tertiary/aromatic N) is 2. The molecule has 1 N–H and O–H groups in total. The zero-order chi connectivity index (χ0) is 19.2. The van der Waals surface area contributed by atoms with Crippen LogP contribution >= 0.6 is 11.6 Å². The molecule has 1 heterocycles. The van der Waals surface area contributed by atoms with Crippen molar-refractivity contribution in [1.82, 2.24) is 10.2 Å². The Balaban J connectivity index is 1.53. The molecule has 2 aromatic carbocycles. The Bertz CT molecular complexity index is 820. The van der Waals surface area contributed by atoms with Gasteiger partial charge in [-0.25, -0.2) is 0 Å². The summed E-state index contributed by atoms with van der Waals surface area (Å²) in [5, 5.41) is 3.22. The van der Waals surface area contributed by atoms with Gasteiger partial charge in [0.2, 0.25) is 0 Å². The molecule has 1 aliphatic rings. The minimum Gasteiger partial charge on any atom is -0.495 e. The van der Waals surface area contributed by atoms with Gasteiger partial charge in [0.15, 0.2) is 0 Å². The largest absolute Gasteiger partial charge is 0.495 e. The fraction of sp³-hybridized carbons (Fsp3) is 0.300. The molecule has 7 heteroatoms. The zero-order valence-electron chi connectivity index (χ0n) is 15.2. The summed E-state index contributed by atoms with van der Waals surface area (Å²) in [5.74, 6) is -0.322. The third kappa shape index (κ3) is 4.52. The zero-order valence-corrected chi connectivity index (χ0v) is 15.9. The summed E-state index contributed by atoms with van der Waals surface area (Å²) in [4.78, 5) is 28.3. The highest BCUT2D eigenvalue weighted by molar-refractivity contribution is 6.35. The molecule has 1 aliphatic heterocycles. The van der Waals surface area contributed by atoms with E-state index in [1.165, 1.54) is 0 Å². The van der Waals surface area contributed by atoms with Gasteiger partial charge < -0.3 is 19.9 Å². The lowest BCUT2D eigenvalue weighted by atomic mass is 10.2. The third-order valence-electron chi connectivity index (χ3n) is 4.58. The summed E-state index contributed by atoms with van der Waals surface area (Å²) in [6.45, 7) is 2.48. The molecule has 0 bridgehead atoms. The van der Waals surface area contributed by atoms with E-state index in [1.54, 1.807) is 18.1 Å². The molecule has 3 rings (SSSR count). The smallest absolute Gasteiger partial charge is 0.312 e. The molecule has 0 atom stereocenters. The first kappa shape index (κ1) is 19.0. The van der Waals surface area contributed by atoms with Crippen LogP contribution in [0.2, 0.25) is 5.02 Å². The van der Waals surface area contributed by atoms with Crippen molar-refractivity contribution in [2.24, 2.45) is 0 Å². The quantitative estimate of drug-likeness (QED) is 0.818. The predicted molar refractivity (Wildman–Crippen MR) is 105 cm³/mol. The first-order chi connectivity index (χ1) is 13.1. The SMILES string of the molecule is COc1ccccc1N1CCN(C(=O)C(=O)NCc2ccccc2Cl)CC1. The lowest BCUT2D eigenvalue weighted by molar-refractivity contribution is -0.146. The molecular formula is C20H22ClN3O3. The lowest BCUT2D eigenvalue weighted by Gasteiger charge is -2.36. The second kappa shape index (κ2) is 8.77. The van der Waals surface area contributed by atoms with Gasteiger partial charge in [0.05, 0.1) is 12.8 Å². The Kier molecular flexibility index (Phi) is 6.19. The van der Waals surface area contributed by atoms with E-state index in [2.05, 4.69) is 10.2 Å². The highest BCUT2D eigenvalue weighted by Crippen LogP contribution is 2.28. The number of anilines is 1. The number of nitrogens with one attached hydrogen (secondary N) is 1. The van der Waals surface area contributed by atoms with E-state index in [1.807, 2.05) is 42.5 Å². The van der Waals surface area contributed by atoms with Gasteiger partial charge in [-0.3, -0.25) is 9.59 Å². The maximum absolute atomic E-state index is 12.4. The number of hydrogen-bond donors (Lipinski definition) is 1. The summed E-state index contributed by atoms with van der Waals surface area (Å²) in [5.41, 5.74) is 1.77. The molecule has 27 heavy (non-hydrogen) atoms. The molecule has 1 fully saturated rings. The third-order valence-corrected chi connectivity index (χ3v) is 4.95. The number of carbonyl (C=O) groups excluding carboxylic acids is 2. The van der Waals surface area contributed by atoms with Gasteiger partial charge in [0, 0.05) is 37.7 Å². The Morgan fingerprint density at radius 1 is 1.04 bits per heavy atom. The molecule has 0 aliphatic carbocycles. The fourth-order valence-electron chi connectivity index (χ4n) is 3.08. The standard InChI is InChI=1S/C20H22ClN3O3/c1-27-18-9-5-4-8-17(18)23-10-12-24(13-11-23)20(26)19(25)22-14-15-6-2-3-7-16(15)21/h2-9H,10-14H2,1H3,(H,22,25). The lowest BCUT2D eigenvalue weighted by Crippen LogP contribution is -2.52. The van der Waals surface area contributed by atoms with E-state index in [4.69, 9.17) is 16.3 Å². The normalized spacial score (nSPS) is 14.0. The van der Waals surface area contributed by atoms with Crippen molar-refractivity contribution in [2.45, 2.75) is 6.54 Å².